The Morgan fingerprint density at radius 1 is 0.950 bits per heavy atom. The second-order valence-corrected chi connectivity index (χ2v) is 4.95. The van der Waals surface area contributed by atoms with Crippen molar-refractivity contribution < 1.29 is 4.79 Å². The van der Waals surface area contributed by atoms with Gasteiger partial charge in [-0.25, -0.2) is 0 Å². The molecule has 3 aromatic rings. The molecular weight excluding hydrogens is 268 g/mol. The van der Waals surface area contributed by atoms with Crippen LogP contribution in [0.3, 0.4) is 0 Å². The van der Waals surface area contributed by atoms with Gasteiger partial charge in [-0.3, -0.25) is 14.7 Å². The number of carbonyl (C=O) groups is 1. The van der Waals surface area contributed by atoms with E-state index in [1.165, 1.54) is 0 Å². The summed E-state index contributed by atoms with van der Waals surface area (Å²) in [6.45, 7) is 0. The van der Waals surface area contributed by atoms with Crippen LogP contribution in [0.1, 0.15) is 10.5 Å². The predicted molar refractivity (Wildman–Crippen MR) is 81.5 cm³/mol. The summed E-state index contributed by atoms with van der Waals surface area (Å²) in [4.78, 5) is 18.5. The summed E-state index contributed by atoms with van der Waals surface area (Å²) in [5.74, 6) is -0.129. The number of pyridine rings is 1. The van der Waals surface area contributed by atoms with Gasteiger partial charge in [0.1, 0.15) is 5.69 Å². The molecule has 0 spiro atoms. The summed E-state index contributed by atoms with van der Waals surface area (Å²) in [6, 6.07) is 16.9. The van der Waals surface area contributed by atoms with Crippen LogP contribution in [0.2, 0.25) is 0 Å². The maximum atomic E-state index is 12.7. The van der Waals surface area contributed by atoms with Gasteiger partial charge in [-0.05, 0) is 35.7 Å². The monoisotopic (exact) mass is 280 g/mol. The molecule has 1 aromatic carbocycles. The lowest BCUT2D eigenvalue weighted by atomic mass is 10.2. The molecule has 1 amide bonds. The smallest absolute Gasteiger partial charge is 0.275 e. The molecule has 4 heteroatoms. The maximum Gasteiger partial charge on any atom is 0.281 e. The Morgan fingerprint density at radius 3 is 2.40 bits per heavy atom. The molecule has 2 aromatic heterocycles. The summed E-state index contributed by atoms with van der Waals surface area (Å²) in [7, 11) is 0. The number of amides is 1. The molecule has 0 radical (unpaired) electrons. The Bertz CT molecular complexity index is 681. The minimum atomic E-state index is -0.129. The van der Waals surface area contributed by atoms with Crippen LogP contribution < -0.4 is 4.90 Å². The van der Waals surface area contributed by atoms with Crippen molar-refractivity contribution in [3.63, 3.8) is 0 Å². The fourth-order valence-corrected chi connectivity index (χ4v) is 2.57. The molecule has 20 heavy (non-hydrogen) atoms. The van der Waals surface area contributed by atoms with Crippen molar-refractivity contribution in [3.05, 3.63) is 77.2 Å². The third-order valence-electron chi connectivity index (χ3n) is 2.87. The average Bonchev–Trinajstić information content (AvgIpc) is 3.03. The molecule has 0 N–H and O–H groups in total. The molecule has 0 fully saturated rings. The van der Waals surface area contributed by atoms with Gasteiger partial charge in [-0.2, -0.15) is 11.3 Å². The summed E-state index contributed by atoms with van der Waals surface area (Å²) in [5, 5.41) is 3.91. The Morgan fingerprint density at radius 2 is 1.75 bits per heavy atom. The van der Waals surface area contributed by atoms with Crippen LogP contribution in [0.5, 0.6) is 0 Å². The van der Waals surface area contributed by atoms with Gasteiger partial charge in [0, 0.05) is 17.3 Å². The highest BCUT2D eigenvalue weighted by molar-refractivity contribution is 7.08. The first kappa shape index (κ1) is 12.6. The van der Waals surface area contributed by atoms with Crippen LogP contribution in [0.15, 0.2) is 71.6 Å². The van der Waals surface area contributed by atoms with Gasteiger partial charge in [0.2, 0.25) is 0 Å². The van der Waals surface area contributed by atoms with Crippen LogP contribution in [0, 0.1) is 0 Å². The molecule has 0 saturated carbocycles. The largest absolute Gasteiger partial charge is 0.281 e. The van der Waals surface area contributed by atoms with E-state index >= 15 is 0 Å². The van der Waals surface area contributed by atoms with Crippen molar-refractivity contribution in [2.24, 2.45) is 0 Å². The number of hydrogen-bond donors (Lipinski definition) is 0. The average molecular weight is 280 g/mol. The summed E-state index contributed by atoms with van der Waals surface area (Å²) >= 11 is 1.56. The van der Waals surface area contributed by atoms with Crippen molar-refractivity contribution in [1.82, 2.24) is 4.98 Å². The molecule has 98 valence electrons. The third-order valence-corrected chi connectivity index (χ3v) is 3.54. The third kappa shape index (κ3) is 2.46. The summed E-state index contributed by atoms with van der Waals surface area (Å²) in [5.41, 5.74) is 2.13. The van der Waals surface area contributed by atoms with Crippen molar-refractivity contribution in [1.29, 1.82) is 0 Å². The molecular formula is C16H12N2OS. The lowest BCUT2D eigenvalue weighted by molar-refractivity contribution is 0.0994. The van der Waals surface area contributed by atoms with E-state index in [0.717, 1.165) is 11.4 Å². The molecule has 0 saturated heterocycles. The van der Waals surface area contributed by atoms with Crippen molar-refractivity contribution in [3.8, 4) is 0 Å². The zero-order valence-electron chi connectivity index (χ0n) is 10.6. The second kappa shape index (κ2) is 5.67. The zero-order valence-corrected chi connectivity index (χ0v) is 11.5. The number of benzene rings is 1. The van der Waals surface area contributed by atoms with Crippen molar-refractivity contribution in [2.75, 3.05) is 4.90 Å². The van der Waals surface area contributed by atoms with Gasteiger partial charge in [-0.15, -0.1) is 0 Å². The predicted octanol–water partition coefficient (Wildman–Crippen LogP) is 4.12. The van der Waals surface area contributed by atoms with E-state index < -0.39 is 0 Å². The maximum absolute atomic E-state index is 12.7. The van der Waals surface area contributed by atoms with Crippen LogP contribution >= 0.6 is 11.3 Å². The normalized spacial score (nSPS) is 10.2. The van der Waals surface area contributed by atoms with Crippen LogP contribution in [0.25, 0.3) is 0 Å². The highest BCUT2D eigenvalue weighted by Crippen LogP contribution is 2.28. The number of thiophene rings is 1. The molecule has 3 rings (SSSR count). The highest BCUT2D eigenvalue weighted by Gasteiger charge is 2.20. The highest BCUT2D eigenvalue weighted by atomic mass is 32.1. The van der Waals surface area contributed by atoms with Gasteiger partial charge in [-0.1, -0.05) is 24.3 Å². The quantitative estimate of drug-likeness (QED) is 0.723. The van der Waals surface area contributed by atoms with Gasteiger partial charge < -0.3 is 0 Å². The van der Waals surface area contributed by atoms with Crippen LogP contribution in [-0.2, 0) is 0 Å². The molecule has 0 unspecified atom stereocenters. The first-order chi connectivity index (χ1) is 9.86. The number of rotatable bonds is 3. The summed E-state index contributed by atoms with van der Waals surface area (Å²) in [6.07, 6.45) is 1.63. The Kier molecular flexibility index (Phi) is 3.56. The van der Waals surface area contributed by atoms with E-state index in [1.54, 1.807) is 34.6 Å². The lowest BCUT2D eigenvalue weighted by Gasteiger charge is -2.21. The number of aromatic nitrogens is 1. The molecule has 0 aliphatic rings. The Hall–Kier alpha value is -2.46. The molecule has 0 aliphatic carbocycles. The molecule has 3 nitrogen and oxygen atoms in total. The molecule has 2 heterocycles. The lowest BCUT2D eigenvalue weighted by Crippen LogP contribution is -2.26. The summed E-state index contributed by atoms with van der Waals surface area (Å²) < 4.78 is 0. The Balaban J connectivity index is 2.05. The fraction of sp³-hybridized carbons (Fsp3) is 0. The number of para-hydroxylation sites is 1. The number of carbonyl (C=O) groups excluding carboxylic acids is 1. The second-order valence-electron chi connectivity index (χ2n) is 4.17. The van der Waals surface area contributed by atoms with Crippen molar-refractivity contribution in [2.45, 2.75) is 0 Å². The SMILES string of the molecule is O=C(c1ccccn1)N(c1ccccc1)c1ccsc1. The zero-order chi connectivity index (χ0) is 13.8. The minimum Gasteiger partial charge on any atom is -0.275 e. The van der Waals surface area contributed by atoms with E-state index in [4.69, 9.17) is 0 Å². The fourth-order valence-electron chi connectivity index (χ4n) is 1.95. The number of nitrogens with zero attached hydrogens (tertiary/aromatic N) is 2. The van der Waals surface area contributed by atoms with Gasteiger partial charge in [0.15, 0.2) is 0 Å². The van der Waals surface area contributed by atoms with Crippen molar-refractivity contribution >= 4 is 28.6 Å². The number of anilines is 2. The first-order valence-electron chi connectivity index (χ1n) is 6.19. The van der Waals surface area contributed by atoms with Crippen LogP contribution in [-0.4, -0.2) is 10.9 Å². The first-order valence-corrected chi connectivity index (χ1v) is 7.13. The topological polar surface area (TPSA) is 33.2 Å². The molecule has 0 atom stereocenters. The van der Waals surface area contributed by atoms with Crippen LogP contribution in [0.4, 0.5) is 11.4 Å². The van der Waals surface area contributed by atoms with E-state index in [2.05, 4.69) is 4.98 Å². The standard InChI is InChI=1S/C16H12N2OS/c19-16(15-8-4-5-10-17-15)18(14-9-11-20-12-14)13-6-2-1-3-7-13/h1-12H. The minimum absolute atomic E-state index is 0.129. The molecule has 0 bridgehead atoms. The van der Waals surface area contributed by atoms with E-state index in [1.807, 2.05) is 53.2 Å². The molecule has 0 aliphatic heterocycles. The van der Waals surface area contributed by atoms with Gasteiger partial charge in [0.05, 0.1) is 5.69 Å². The Labute approximate surface area is 121 Å². The van der Waals surface area contributed by atoms with Gasteiger partial charge in [0.25, 0.3) is 5.91 Å². The van der Waals surface area contributed by atoms with Gasteiger partial charge >= 0.3 is 0 Å². The van der Waals surface area contributed by atoms with E-state index in [9.17, 15) is 4.79 Å². The van der Waals surface area contributed by atoms with E-state index in [0.29, 0.717) is 5.69 Å². The van der Waals surface area contributed by atoms with E-state index in [-0.39, 0.29) is 5.91 Å². The number of hydrogen-bond acceptors (Lipinski definition) is 3.